The van der Waals surface area contributed by atoms with Gasteiger partial charge in [0.15, 0.2) is 0 Å². The van der Waals surface area contributed by atoms with E-state index in [1.165, 1.54) is 30.0 Å². The van der Waals surface area contributed by atoms with Crippen molar-refractivity contribution in [2.24, 2.45) is 0 Å². The van der Waals surface area contributed by atoms with Gasteiger partial charge in [0.25, 0.3) is 0 Å². The second-order valence-electron chi connectivity index (χ2n) is 6.45. The molecule has 3 aromatic carbocycles. The molecule has 1 aromatic heterocycles. The number of anilines is 1. The van der Waals surface area contributed by atoms with Crippen LogP contribution in [0, 0.1) is 0 Å². The van der Waals surface area contributed by atoms with E-state index in [2.05, 4.69) is 63.6 Å². The van der Waals surface area contributed by atoms with E-state index in [0.717, 1.165) is 40.8 Å². The largest absolute Gasteiger partial charge is 0.340 e. The van der Waals surface area contributed by atoms with Crippen molar-refractivity contribution in [3.63, 3.8) is 0 Å². The lowest BCUT2D eigenvalue weighted by Crippen LogP contribution is -2.31. The molecule has 1 fully saturated rings. The van der Waals surface area contributed by atoms with Gasteiger partial charge in [-0.3, -0.25) is 0 Å². The van der Waals surface area contributed by atoms with E-state index in [-0.39, 0.29) is 0 Å². The standard InChI is InChI=1S/C20H18N4/c1-6-12-24(13-7-1)20-21-18-16-10-4-2-8-14(16)15-9-3-5-11-17(15)19(18)22-23-20/h2-5,8-11H,1,6-7,12-13H2. The van der Waals surface area contributed by atoms with Crippen molar-refractivity contribution in [2.45, 2.75) is 19.3 Å². The number of benzene rings is 3. The molecule has 0 amide bonds. The highest BCUT2D eigenvalue weighted by Gasteiger charge is 2.17. The Morgan fingerprint density at radius 3 is 1.88 bits per heavy atom. The molecule has 0 aliphatic carbocycles. The molecule has 24 heavy (non-hydrogen) atoms. The van der Waals surface area contributed by atoms with Gasteiger partial charge in [-0.25, -0.2) is 4.98 Å². The molecule has 118 valence electrons. The summed E-state index contributed by atoms with van der Waals surface area (Å²) in [5, 5.41) is 13.7. The smallest absolute Gasteiger partial charge is 0.245 e. The number of hydrogen-bond donors (Lipinski definition) is 0. The summed E-state index contributed by atoms with van der Waals surface area (Å²) >= 11 is 0. The van der Waals surface area contributed by atoms with Crippen LogP contribution in [-0.2, 0) is 0 Å². The van der Waals surface area contributed by atoms with Crippen LogP contribution >= 0.6 is 0 Å². The Labute approximate surface area is 140 Å². The summed E-state index contributed by atoms with van der Waals surface area (Å²) in [6.07, 6.45) is 3.71. The number of nitrogens with zero attached hydrogens (tertiary/aromatic N) is 4. The molecule has 1 aliphatic rings. The Kier molecular flexibility index (Phi) is 3.08. The van der Waals surface area contributed by atoms with Gasteiger partial charge in [0, 0.05) is 23.9 Å². The fourth-order valence-electron chi connectivity index (χ4n) is 3.76. The van der Waals surface area contributed by atoms with Gasteiger partial charge in [-0.2, -0.15) is 0 Å². The summed E-state index contributed by atoms with van der Waals surface area (Å²) < 4.78 is 0. The highest BCUT2D eigenvalue weighted by molar-refractivity contribution is 6.22. The fraction of sp³-hybridized carbons (Fsp3) is 0.250. The zero-order valence-electron chi connectivity index (χ0n) is 13.4. The zero-order valence-corrected chi connectivity index (χ0v) is 13.4. The minimum Gasteiger partial charge on any atom is -0.340 e. The van der Waals surface area contributed by atoms with E-state index in [1.54, 1.807) is 0 Å². The molecule has 0 radical (unpaired) electrons. The first-order valence-electron chi connectivity index (χ1n) is 8.61. The fourth-order valence-corrected chi connectivity index (χ4v) is 3.76. The second-order valence-corrected chi connectivity index (χ2v) is 6.45. The molecule has 5 rings (SSSR count). The maximum Gasteiger partial charge on any atom is 0.245 e. The van der Waals surface area contributed by atoms with Crippen molar-refractivity contribution >= 4 is 38.5 Å². The molecule has 2 heterocycles. The van der Waals surface area contributed by atoms with Gasteiger partial charge in [0.1, 0.15) is 11.0 Å². The summed E-state index contributed by atoms with van der Waals surface area (Å²) in [5.74, 6) is 0.766. The number of aromatic nitrogens is 3. The summed E-state index contributed by atoms with van der Waals surface area (Å²) in [6, 6.07) is 16.8. The van der Waals surface area contributed by atoms with Crippen LogP contribution in [0.2, 0.25) is 0 Å². The molecule has 4 heteroatoms. The third-order valence-electron chi connectivity index (χ3n) is 4.97. The highest BCUT2D eigenvalue weighted by atomic mass is 15.3. The molecule has 0 atom stereocenters. The molecule has 1 saturated heterocycles. The van der Waals surface area contributed by atoms with Crippen molar-refractivity contribution in [3.8, 4) is 0 Å². The monoisotopic (exact) mass is 314 g/mol. The average molecular weight is 314 g/mol. The first kappa shape index (κ1) is 13.7. The first-order valence-corrected chi connectivity index (χ1v) is 8.61. The molecule has 0 saturated carbocycles. The van der Waals surface area contributed by atoms with Crippen LogP contribution < -0.4 is 4.90 Å². The molecule has 4 nitrogen and oxygen atoms in total. The maximum absolute atomic E-state index is 4.93. The lowest BCUT2D eigenvalue weighted by atomic mass is 10.00. The lowest BCUT2D eigenvalue weighted by Gasteiger charge is -2.26. The topological polar surface area (TPSA) is 41.9 Å². The molecule has 0 unspecified atom stereocenters. The normalized spacial score (nSPS) is 15.4. The number of piperidine rings is 1. The molecule has 1 aliphatic heterocycles. The number of hydrogen-bond acceptors (Lipinski definition) is 4. The van der Waals surface area contributed by atoms with Crippen LogP contribution in [0.4, 0.5) is 5.95 Å². The van der Waals surface area contributed by atoms with E-state index in [9.17, 15) is 0 Å². The highest BCUT2D eigenvalue weighted by Crippen LogP contribution is 2.33. The van der Waals surface area contributed by atoms with Crippen LogP contribution in [0.1, 0.15) is 19.3 Å². The van der Waals surface area contributed by atoms with Crippen molar-refractivity contribution in [1.29, 1.82) is 0 Å². The number of fused-ring (bicyclic) bond motifs is 6. The van der Waals surface area contributed by atoms with Gasteiger partial charge >= 0.3 is 0 Å². The van der Waals surface area contributed by atoms with Gasteiger partial charge in [0.05, 0.1) is 0 Å². The average Bonchev–Trinajstić information content (AvgIpc) is 2.68. The minimum absolute atomic E-state index is 0.766. The molecule has 4 aromatic rings. The minimum atomic E-state index is 0.766. The van der Waals surface area contributed by atoms with Gasteiger partial charge < -0.3 is 4.90 Å². The predicted molar refractivity (Wildman–Crippen MR) is 98.4 cm³/mol. The SMILES string of the molecule is c1ccc2c(c1)c1ccccc1c1nc(N3CCCCC3)nnc21. The Hall–Kier alpha value is -2.75. The second kappa shape index (κ2) is 5.41. The van der Waals surface area contributed by atoms with Gasteiger partial charge in [-0.1, -0.05) is 48.5 Å². The molecule has 0 bridgehead atoms. The third kappa shape index (κ3) is 2.03. The maximum atomic E-state index is 4.93. The van der Waals surface area contributed by atoms with Crippen LogP contribution in [0.3, 0.4) is 0 Å². The van der Waals surface area contributed by atoms with Crippen LogP contribution in [0.15, 0.2) is 48.5 Å². The molecule has 0 spiro atoms. The molecular formula is C20H18N4. The van der Waals surface area contributed by atoms with E-state index >= 15 is 0 Å². The summed E-state index contributed by atoms with van der Waals surface area (Å²) in [6.45, 7) is 2.05. The Morgan fingerprint density at radius 1 is 0.625 bits per heavy atom. The quantitative estimate of drug-likeness (QED) is 0.491. The summed E-state index contributed by atoms with van der Waals surface area (Å²) in [5.41, 5.74) is 1.85. The van der Waals surface area contributed by atoms with Crippen molar-refractivity contribution < 1.29 is 0 Å². The van der Waals surface area contributed by atoms with Crippen LogP contribution in [0.25, 0.3) is 32.6 Å². The van der Waals surface area contributed by atoms with Gasteiger partial charge in [-0.15, -0.1) is 10.2 Å². The van der Waals surface area contributed by atoms with Crippen LogP contribution in [0.5, 0.6) is 0 Å². The van der Waals surface area contributed by atoms with E-state index in [1.807, 2.05) is 0 Å². The Balaban J connectivity index is 1.85. The van der Waals surface area contributed by atoms with E-state index in [4.69, 9.17) is 4.98 Å². The lowest BCUT2D eigenvalue weighted by molar-refractivity contribution is 0.566. The molecule has 0 N–H and O–H groups in total. The molecular weight excluding hydrogens is 296 g/mol. The zero-order chi connectivity index (χ0) is 15.9. The Morgan fingerprint density at radius 2 is 1.21 bits per heavy atom. The van der Waals surface area contributed by atoms with Gasteiger partial charge in [-0.05, 0) is 30.0 Å². The van der Waals surface area contributed by atoms with Crippen molar-refractivity contribution in [2.75, 3.05) is 18.0 Å². The first-order chi connectivity index (χ1) is 11.9. The van der Waals surface area contributed by atoms with E-state index < -0.39 is 0 Å². The van der Waals surface area contributed by atoms with Crippen molar-refractivity contribution in [1.82, 2.24) is 15.2 Å². The Bertz CT molecular complexity index is 1020. The summed E-state index contributed by atoms with van der Waals surface area (Å²) in [7, 11) is 0. The summed E-state index contributed by atoms with van der Waals surface area (Å²) in [4.78, 5) is 7.19. The number of rotatable bonds is 1. The van der Waals surface area contributed by atoms with Gasteiger partial charge in [0.2, 0.25) is 5.95 Å². The van der Waals surface area contributed by atoms with E-state index in [0.29, 0.717) is 0 Å². The predicted octanol–water partition coefficient (Wildman–Crippen LogP) is 4.32. The van der Waals surface area contributed by atoms with Crippen molar-refractivity contribution in [3.05, 3.63) is 48.5 Å². The third-order valence-corrected chi connectivity index (χ3v) is 4.97. The van der Waals surface area contributed by atoms with Crippen LogP contribution in [-0.4, -0.2) is 28.3 Å².